The van der Waals surface area contributed by atoms with Crippen LogP contribution in [0.4, 0.5) is 0 Å². The standard InChI is InChI=1S/C13H18BrNOS/c1-16-12-4-5-13(14)10(7-12)8-15-11-3-2-6-17-9-11/h4-5,7,11,15H,2-3,6,8-9H2,1H3. The van der Waals surface area contributed by atoms with E-state index in [0.29, 0.717) is 6.04 Å². The first-order valence-corrected chi connectivity index (χ1v) is 7.88. The predicted molar refractivity (Wildman–Crippen MR) is 77.9 cm³/mol. The summed E-state index contributed by atoms with van der Waals surface area (Å²) >= 11 is 5.63. The topological polar surface area (TPSA) is 21.3 Å². The van der Waals surface area contributed by atoms with Gasteiger partial charge in [0.15, 0.2) is 0 Å². The van der Waals surface area contributed by atoms with Crippen molar-refractivity contribution in [3.05, 3.63) is 28.2 Å². The van der Waals surface area contributed by atoms with Crippen molar-refractivity contribution in [2.45, 2.75) is 25.4 Å². The molecule has 1 N–H and O–H groups in total. The second kappa shape index (κ2) is 6.66. The second-order valence-electron chi connectivity index (χ2n) is 4.25. The van der Waals surface area contributed by atoms with Crippen LogP contribution in [0, 0.1) is 0 Å². The zero-order valence-corrected chi connectivity index (χ0v) is 12.4. The Balaban J connectivity index is 1.92. The molecule has 94 valence electrons. The highest BCUT2D eigenvalue weighted by Crippen LogP contribution is 2.23. The highest BCUT2D eigenvalue weighted by atomic mass is 79.9. The molecule has 1 aliphatic rings. The minimum Gasteiger partial charge on any atom is -0.497 e. The van der Waals surface area contributed by atoms with Crippen molar-refractivity contribution in [3.63, 3.8) is 0 Å². The van der Waals surface area contributed by atoms with Gasteiger partial charge in [0.05, 0.1) is 7.11 Å². The normalized spacial score (nSPS) is 20.2. The summed E-state index contributed by atoms with van der Waals surface area (Å²) in [6.45, 7) is 0.906. The average molecular weight is 316 g/mol. The van der Waals surface area contributed by atoms with Crippen LogP contribution in [0.3, 0.4) is 0 Å². The molecule has 1 saturated heterocycles. The summed E-state index contributed by atoms with van der Waals surface area (Å²) in [7, 11) is 1.71. The molecule has 0 spiro atoms. The largest absolute Gasteiger partial charge is 0.497 e. The summed E-state index contributed by atoms with van der Waals surface area (Å²) < 4.78 is 6.40. The summed E-state index contributed by atoms with van der Waals surface area (Å²) in [5.74, 6) is 3.48. The molecule has 1 aromatic rings. The Kier molecular flexibility index (Phi) is 5.19. The van der Waals surface area contributed by atoms with Crippen LogP contribution in [0.1, 0.15) is 18.4 Å². The number of rotatable bonds is 4. The number of halogens is 1. The SMILES string of the molecule is COc1ccc(Br)c(CNC2CCCSC2)c1. The fourth-order valence-electron chi connectivity index (χ4n) is 1.97. The molecule has 0 bridgehead atoms. The van der Waals surface area contributed by atoms with Gasteiger partial charge in [-0.3, -0.25) is 0 Å². The molecule has 1 fully saturated rings. The summed E-state index contributed by atoms with van der Waals surface area (Å²) in [5.41, 5.74) is 1.26. The molecule has 1 unspecified atom stereocenters. The van der Waals surface area contributed by atoms with Crippen LogP contribution in [0.25, 0.3) is 0 Å². The minimum absolute atomic E-state index is 0.659. The lowest BCUT2D eigenvalue weighted by Gasteiger charge is -2.23. The van der Waals surface area contributed by atoms with E-state index in [2.05, 4.69) is 39.1 Å². The first-order chi connectivity index (χ1) is 8.29. The van der Waals surface area contributed by atoms with Gasteiger partial charge >= 0.3 is 0 Å². The fraction of sp³-hybridized carbons (Fsp3) is 0.538. The van der Waals surface area contributed by atoms with Crippen molar-refractivity contribution >= 4 is 27.7 Å². The molecule has 0 aromatic heterocycles. The molecule has 2 rings (SSSR count). The van der Waals surface area contributed by atoms with Crippen LogP contribution in [0.2, 0.25) is 0 Å². The monoisotopic (exact) mass is 315 g/mol. The van der Waals surface area contributed by atoms with Crippen LogP contribution in [0.5, 0.6) is 5.75 Å². The number of hydrogen-bond donors (Lipinski definition) is 1. The van der Waals surface area contributed by atoms with E-state index >= 15 is 0 Å². The zero-order valence-electron chi connectivity index (χ0n) is 10.0. The van der Waals surface area contributed by atoms with E-state index < -0.39 is 0 Å². The smallest absolute Gasteiger partial charge is 0.119 e. The van der Waals surface area contributed by atoms with E-state index in [0.717, 1.165) is 16.8 Å². The first-order valence-electron chi connectivity index (χ1n) is 5.93. The van der Waals surface area contributed by atoms with Crippen molar-refractivity contribution in [2.24, 2.45) is 0 Å². The molecule has 1 aromatic carbocycles. The van der Waals surface area contributed by atoms with Gasteiger partial charge in [0.25, 0.3) is 0 Å². The Morgan fingerprint density at radius 1 is 1.53 bits per heavy atom. The van der Waals surface area contributed by atoms with E-state index in [9.17, 15) is 0 Å². The van der Waals surface area contributed by atoms with Gasteiger partial charge in [-0.25, -0.2) is 0 Å². The van der Waals surface area contributed by atoms with Gasteiger partial charge in [0.1, 0.15) is 5.75 Å². The first kappa shape index (κ1) is 13.2. The van der Waals surface area contributed by atoms with Crippen molar-refractivity contribution in [1.29, 1.82) is 0 Å². The predicted octanol–water partition coefficient (Wildman–Crippen LogP) is 3.44. The second-order valence-corrected chi connectivity index (χ2v) is 6.26. The molecule has 17 heavy (non-hydrogen) atoms. The summed E-state index contributed by atoms with van der Waals surface area (Å²) in [6, 6.07) is 6.77. The van der Waals surface area contributed by atoms with Gasteiger partial charge in [-0.15, -0.1) is 0 Å². The average Bonchev–Trinajstić information content (AvgIpc) is 2.39. The van der Waals surface area contributed by atoms with Crippen molar-refractivity contribution < 1.29 is 4.74 Å². The molecule has 0 saturated carbocycles. The third kappa shape index (κ3) is 3.90. The van der Waals surface area contributed by atoms with Crippen molar-refractivity contribution in [2.75, 3.05) is 18.6 Å². The molecule has 1 heterocycles. The van der Waals surface area contributed by atoms with Crippen LogP contribution in [-0.2, 0) is 6.54 Å². The molecule has 0 aliphatic carbocycles. The Morgan fingerprint density at radius 3 is 3.12 bits per heavy atom. The molecule has 1 atom stereocenters. The lowest BCUT2D eigenvalue weighted by atomic mass is 10.1. The van der Waals surface area contributed by atoms with E-state index in [-0.39, 0.29) is 0 Å². The van der Waals surface area contributed by atoms with Crippen molar-refractivity contribution in [3.8, 4) is 5.75 Å². The Bertz CT molecular complexity index is 366. The van der Waals surface area contributed by atoms with Crippen LogP contribution in [0.15, 0.2) is 22.7 Å². The molecule has 0 radical (unpaired) electrons. The number of benzene rings is 1. The number of nitrogens with one attached hydrogen (secondary N) is 1. The third-order valence-corrected chi connectivity index (χ3v) is 4.98. The number of ether oxygens (including phenoxy) is 1. The summed E-state index contributed by atoms with van der Waals surface area (Å²) in [5, 5.41) is 3.62. The van der Waals surface area contributed by atoms with Gasteiger partial charge in [0.2, 0.25) is 0 Å². The number of hydrogen-bond acceptors (Lipinski definition) is 3. The highest BCUT2D eigenvalue weighted by Gasteiger charge is 2.13. The molecule has 0 amide bonds. The van der Waals surface area contributed by atoms with Crippen molar-refractivity contribution in [1.82, 2.24) is 5.32 Å². The van der Waals surface area contributed by atoms with Crippen LogP contribution >= 0.6 is 27.7 Å². The maximum Gasteiger partial charge on any atom is 0.119 e. The van der Waals surface area contributed by atoms with Gasteiger partial charge in [-0.05, 0) is 42.4 Å². The minimum atomic E-state index is 0.659. The number of methoxy groups -OCH3 is 1. The van der Waals surface area contributed by atoms with E-state index in [1.807, 2.05) is 12.1 Å². The maximum atomic E-state index is 5.25. The third-order valence-electron chi connectivity index (χ3n) is 2.99. The molecular weight excluding hydrogens is 298 g/mol. The van der Waals surface area contributed by atoms with E-state index in [4.69, 9.17) is 4.74 Å². The van der Waals surface area contributed by atoms with Crippen LogP contribution in [-0.4, -0.2) is 24.7 Å². The Labute approximate surface area is 116 Å². The van der Waals surface area contributed by atoms with E-state index in [1.165, 1.54) is 29.9 Å². The van der Waals surface area contributed by atoms with Crippen LogP contribution < -0.4 is 10.1 Å². The van der Waals surface area contributed by atoms with E-state index in [1.54, 1.807) is 7.11 Å². The van der Waals surface area contributed by atoms with Gasteiger partial charge < -0.3 is 10.1 Å². The van der Waals surface area contributed by atoms with Gasteiger partial charge in [0, 0.05) is 22.8 Å². The Morgan fingerprint density at radius 2 is 2.41 bits per heavy atom. The fourth-order valence-corrected chi connectivity index (χ4v) is 3.46. The molecule has 4 heteroatoms. The molecule has 1 aliphatic heterocycles. The van der Waals surface area contributed by atoms with Gasteiger partial charge in [-0.2, -0.15) is 11.8 Å². The lowest BCUT2D eigenvalue weighted by Crippen LogP contribution is -2.33. The molecular formula is C13H18BrNOS. The Hall–Kier alpha value is -0.190. The maximum absolute atomic E-state index is 5.25. The zero-order chi connectivity index (χ0) is 12.1. The summed E-state index contributed by atoms with van der Waals surface area (Å²) in [4.78, 5) is 0. The number of thioether (sulfide) groups is 1. The lowest BCUT2D eigenvalue weighted by molar-refractivity contribution is 0.413. The molecule has 2 nitrogen and oxygen atoms in total. The summed E-state index contributed by atoms with van der Waals surface area (Å²) in [6.07, 6.45) is 2.64. The quantitative estimate of drug-likeness (QED) is 0.919. The highest BCUT2D eigenvalue weighted by molar-refractivity contribution is 9.10. The van der Waals surface area contributed by atoms with Gasteiger partial charge in [-0.1, -0.05) is 15.9 Å².